The van der Waals surface area contributed by atoms with Gasteiger partial charge in [-0.15, -0.1) is 0 Å². The average molecular weight is 355 g/mol. The maximum absolute atomic E-state index is 14.3. The molecule has 1 aromatic carbocycles. The van der Waals surface area contributed by atoms with Gasteiger partial charge in [0, 0.05) is 6.92 Å². The number of carbonyl (C=O) groups excluding carboxylic acids is 1. The molecule has 1 aliphatic rings. The average Bonchev–Trinajstić information content (AvgIpc) is 3.08. The summed E-state index contributed by atoms with van der Waals surface area (Å²) in [6.07, 6.45) is 0. The number of alkyl halides is 2. The fourth-order valence-electron chi connectivity index (χ4n) is 2.33. The first-order chi connectivity index (χ1) is 11.6. The van der Waals surface area contributed by atoms with E-state index in [1.54, 1.807) is 19.9 Å². The molecule has 2 heterocycles. The number of halogens is 3. The third-order valence-corrected chi connectivity index (χ3v) is 3.79. The van der Waals surface area contributed by atoms with Gasteiger partial charge in [0.05, 0.1) is 24.1 Å². The van der Waals surface area contributed by atoms with Gasteiger partial charge < -0.3 is 4.52 Å². The van der Waals surface area contributed by atoms with Crippen LogP contribution in [0.2, 0.25) is 0 Å². The Labute approximate surface area is 141 Å². The van der Waals surface area contributed by atoms with Gasteiger partial charge >= 0.3 is 5.92 Å². The van der Waals surface area contributed by atoms with E-state index < -0.39 is 23.0 Å². The highest BCUT2D eigenvalue weighted by Gasteiger charge is 2.40. The molecule has 0 aliphatic carbocycles. The topological polar surface area (TPSA) is 68.5 Å². The lowest BCUT2D eigenvalue weighted by Crippen LogP contribution is -2.30. The van der Waals surface area contributed by atoms with E-state index in [4.69, 9.17) is 4.84 Å². The van der Waals surface area contributed by atoms with Gasteiger partial charge in [0.2, 0.25) is 5.82 Å². The predicted octanol–water partition coefficient (Wildman–Crippen LogP) is 3.29. The van der Waals surface area contributed by atoms with Crippen LogP contribution < -0.4 is 0 Å². The Morgan fingerprint density at radius 2 is 2.08 bits per heavy atom. The highest BCUT2D eigenvalue weighted by atomic mass is 19.3. The SMILES string of the molecule is CC1(C)CON(Cc2ccc(-c3noc(C(C)(F)F)n3)c(F)c2)C1=O. The zero-order chi connectivity index (χ0) is 18.4. The molecule has 1 amide bonds. The molecule has 1 saturated heterocycles. The quantitative estimate of drug-likeness (QED) is 0.842. The molecule has 9 heteroatoms. The molecule has 0 bridgehead atoms. The summed E-state index contributed by atoms with van der Waals surface area (Å²) in [5, 5.41) is 4.56. The van der Waals surface area contributed by atoms with E-state index in [9.17, 15) is 18.0 Å². The van der Waals surface area contributed by atoms with Gasteiger partial charge in [0.15, 0.2) is 0 Å². The van der Waals surface area contributed by atoms with E-state index in [1.165, 1.54) is 17.2 Å². The Bertz CT molecular complexity index is 814. The van der Waals surface area contributed by atoms with Crippen LogP contribution in [0.4, 0.5) is 13.2 Å². The van der Waals surface area contributed by atoms with Crippen LogP contribution in [-0.2, 0) is 22.1 Å². The number of benzene rings is 1. The van der Waals surface area contributed by atoms with Crippen molar-refractivity contribution >= 4 is 5.91 Å². The molecule has 1 aliphatic heterocycles. The summed E-state index contributed by atoms with van der Waals surface area (Å²) in [5.74, 6) is -5.36. The van der Waals surface area contributed by atoms with Gasteiger partial charge in [-0.1, -0.05) is 11.2 Å². The minimum Gasteiger partial charge on any atom is -0.332 e. The summed E-state index contributed by atoms with van der Waals surface area (Å²) < 4.78 is 45.0. The van der Waals surface area contributed by atoms with Crippen molar-refractivity contribution in [2.75, 3.05) is 6.61 Å². The number of carbonyl (C=O) groups is 1. The molecule has 1 aromatic heterocycles. The number of rotatable bonds is 4. The molecule has 1 fully saturated rings. The highest BCUT2D eigenvalue weighted by Crippen LogP contribution is 2.30. The second kappa shape index (κ2) is 5.83. The summed E-state index contributed by atoms with van der Waals surface area (Å²) in [6.45, 7) is 4.46. The van der Waals surface area contributed by atoms with Crippen LogP contribution in [0.25, 0.3) is 11.4 Å². The monoisotopic (exact) mass is 355 g/mol. The first-order valence-electron chi connectivity index (χ1n) is 7.53. The first-order valence-corrected chi connectivity index (χ1v) is 7.53. The van der Waals surface area contributed by atoms with Gasteiger partial charge in [0.25, 0.3) is 11.8 Å². The third-order valence-electron chi connectivity index (χ3n) is 3.79. The fraction of sp³-hybridized carbons (Fsp3) is 0.438. The molecule has 0 radical (unpaired) electrons. The van der Waals surface area contributed by atoms with Gasteiger partial charge in [-0.05, 0) is 31.5 Å². The van der Waals surface area contributed by atoms with Crippen LogP contribution in [0.15, 0.2) is 22.7 Å². The summed E-state index contributed by atoms with van der Waals surface area (Å²) in [6, 6.07) is 4.07. The normalized spacial score (nSPS) is 17.4. The maximum atomic E-state index is 14.3. The Morgan fingerprint density at radius 1 is 1.36 bits per heavy atom. The molecule has 0 unspecified atom stereocenters. The minimum absolute atomic E-state index is 0.0722. The van der Waals surface area contributed by atoms with E-state index in [1.807, 2.05) is 0 Å². The Hall–Kier alpha value is -2.42. The molecule has 25 heavy (non-hydrogen) atoms. The second-order valence-electron chi connectivity index (χ2n) is 6.62. The lowest BCUT2D eigenvalue weighted by molar-refractivity contribution is -0.165. The number of nitrogens with zero attached hydrogens (tertiary/aromatic N) is 3. The zero-order valence-electron chi connectivity index (χ0n) is 13.8. The second-order valence-corrected chi connectivity index (χ2v) is 6.62. The van der Waals surface area contributed by atoms with Crippen molar-refractivity contribution in [3.63, 3.8) is 0 Å². The number of hydroxylamine groups is 2. The largest absolute Gasteiger partial charge is 0.332 e. The van der Waals surface area contributed by atoms with Crippen LogP contribution in [0.1, 0.15) is 32.2 Å². The molecule has 134 valence electrons. The smallest absolute Gasteiger partial charge is 0.322 e. The minimum atomic E-state index is -3.30. The van der Waals surface area contributed by atoms with Crippen LogP contribution in [0.5, 0.6) is 0 Å². The van der Waals surface area contributed by atoms with E-state index in [2.05, 4.69) is 14.7 Å². The lowest BCUT2D eigenvalue weighted by atomic mass is 9.95. The highest BCUT2D eigenvalue weighted by molar-refractivity contribution is 5.82. The van der Waals surface area contributed by atoms with Crippen molar-refractivity contribution in [1.29, 1.82) is 0 Å². The molecular weight excluding hydrogens is 339 g/mol. The lowest BCUT2D eigenvalue weighted by Gasteiger charge is -2.16. The maximum Gasteiger partial charge on any atom is 0.322 e. The van der Waals surface area contributed by atoms with E-state index >= 15 is 0 Å². The van der Waals surface area contributed by atoms with Crippen molar-refractivity contribution in [3.8, 4) is 11.4 Å². The van der Waals surface area contributed by atoms with Crippen LogP contribution in [0, 0.1) is 11.2 Å². The fourth-order valence-corrected chi connectivity index (χ4v) is 2.33. The Morgan fingerprint density at radius 3 is 2.60 bits per heavy atom. The van der Waals surface area contributed by atoms with Crippen molar-refractivity contribution in [3.05, 3.63) is 35.5 Å². The van der Waals surface area contributed by atoms with Crippen LogP contribution in [0.3, 0.4) is 0 Å². The molecule has 0 spiro atoms. The van der Waals surface area contributed by atoms with Crippen LogP contribution in [-0.4, -0.2) is 27.7 Å². The number of hydrogen-bond donors (Lipinski definition) is 0. The summed E-state index contributed by atoms with van der Waals surface area (Å²) >= 11 is 0. The summed E-state index contributed by atoms with van der Waals surface area (Å²) in [5.41, 5.74) is -0.209. The third kappa shape index (κ3) is 3.37. The molecule has 0 saturated carbocycles. The first kappa shape index (κ1) is 17.4. The van der Waals surface area contributed by atoms with Crippen molar-refractivity contribution in [2.24, 2.45) is 5.41 Å². The molecule has 6 nitrogen and oxygen atoms in total. The number of hydrogen-bond acceptors (Lipinski definition) is 5. The summed E-state index contributed by atoms with van der Waals surface area (Å²) in [4.78, 5) is 20.9. The van der Waals surface area contributed by atoms with Gasteiger partial charge in [0.1, 0.15) is 5.82 Å². The van der Waals surface area contributed by atoms with Crippen molar-refractivity contribution in [1.82, 2.24) is 15.2 Å². The van der Waals surface area contributed by atoms with Crippen LogP contribution >= 0.6 is 0 Å². The Balaban J connectivity index is 1.80. The zero-order valence-corrected chi connectivity index (χ0v) is 13.8. The van der Waals surface area contributed by atoms with E-state index in [0.29, 0.717) is 12.5 Å². The number of aromatic nitrogens is 2. The molecular formula is C16H16F3N3O3. The molecule has 0 N–H and O–H groups in total. The Kier molecular flexibility index (Phi) is 4.06. The summed E-state index contributed by atoms with van der Waals surface area (Å²) in [7, 11) is 0. The predicted molar refractivity (Wildman–Crippen MR) is 79.5 cm³/mol. The number of amides is 1. The molecule has 2 aromatic rings. The standard InChI is InChI=1S/C16H16F3N3O3/c1-15(2)8-24-22(14(15)23)7-9-4-5-10(11(17)6-9)12-20-13(25-21-12)16(3,18)19/h4-6H,7-8H2,1-3H3. The molecule has 0 atom stereocenters. The van der Waals surface area contributed by atoms with Crippen molar-refractivity contribution < 1.29 is 27.3 Å². The van der Waals surface area contributed by atoms with E-state index in [0.717, 1.165) is 0 Å². The van der Waals surface area contributed by atoms with Gasteiger partial charge in [-0.2, -0.15) is 13.8 Å². The van der Waals surface area contributed by atoms with Gasteiger partial charge in [-0.3, -0.25) is 9.63 Å². The molecule has 3 rings (SSSR count). The van der Waals surface area contributed by atoms with Crippen molar-refractivity contribution in [2.45, 2.75) is 33.2 Å². The van der Waals surface area contributed by atoms with E-state index in [-0.39, 0.29) is 30.4 Å². The van der Waals surface area contributed by atoms with Gasteiger partial charge in [-0.25, -0.2) is 9.45 Å².